The molecule has 2 aromatic heterocycles. The molecular formula is C18H17N3OS. The zero-order valence-electron chi connectivity index (χ0n) is 13.0. The lowest BCUT2D eigenvalue weighted by Crippen LogP contribution is -2.14. The summed E-state index contributed by atoms with van der Waals surface area (Å²) < 4.78 is 0. The van der Waals surface area contributed by atoms with E-state index in [9.17, 15) is 4.79 Å². The number of aromatic nitrogens is 2. The zero-order chi connectivity index (χ0) is 16.4. The second-order valence-electron chi connectivity index (χ2n) is 5.30. The average Bonchev–Trinajstić information content (AvgIpc) is 3.07. The lowest BCUT2D eigenvalue weighted by atomic mass is 9.93. The van der Waals surface area contributed by atoms with Crippen molar-refractivity contribution in [2.45, 2.75) is 20.3 Å². The molecule has 0 saturated carbocycles. The highest BCUT2D eigenvalue weighted by Crippen LogP contribution is 2.34. The lowest BCUT2D eigenvalue weighted by molar-refractivity contribution is 0.0999. The van der Waals surface area contributed by atoms with Crippen LogP contribution in [0.4, 0.5) is 0 Å². The number of aryl methyl sites for hydroxylation is 1. The summed E-state index contributed by atoms with van der Waals surface area (Å²) in [6.45, 7) is 3.97. The van der Waals surface area contributed by atoms with E-state index in [0.29, 0.717) is 5.56 Å². The van der Waals surface area contributed by atoms with Crippen molar-refractivity contribution >= 4 is 17.2 Å². The molecule has 0 bridgehead atoms. The Hall–Kier alpha value is -2.53. The van der Waals surface area contributed by atoms with Crippen LogP contribution in [-0.2, 0) is 6.42 Å². The van der Waals surface area contributed by atoms with E-state index >= 15 is 0 Å². The van der Waals surface area contributed by atoms with Crippen molar-refractivity contribution in [2.24, 2.45) is 5.73 Å². The van der Waals surface area contributed by atoms with Gasteiger partial charge in [-0.3, -0.25) is 14.8 Å². The van der Waals surface area contributed by atoms with Crippen LogP contribution in [0.2, 0.25) is 0 Å². The van der Waals surface area contributed by atoms with E-state index in [1.54, 1.807) is 16.8 Å². The summed E-state index contributed by atoms with van der Waals surface area (Å²) in [5, 5.41) is 0. The number of nitrogens with zero attached hydrogens (tertiary/aromatic N) is 2. The van der Waals surface area contributed by atoms with E-state index in [1.807, 2.05) is 44.3 Å². The molecule has 2 N–H and O–H groups in total. The molecule has 3 aromatic rings. The molecule has 0 radical (unpaired) electrons. The second-order valence-corrected chi connectivity index (χ2v) is 6.18. The smallest absolute Gasteiger partial charge is 0.249 e. The number of carbonyl (C=O) groups excluding carboxylic acids is 1. The van der Waals surface area contributed by atoms with E-state index in [-0.39, 0.29) is 0 Å². The Morgan fingerprint density at radius 3 is 2.74 bits per heavy atom. The van der Waals surface area contributed by atoms with E-state index < -0.39 is 5.91 Å². The number of nitrogens with two attached hydrogens (primary N) is 1. The molecule has 0 atom stereocenters. The quantitative estimate of drug-likeness (QED) is 0.793. The van der Waals surface area contributed by atoms with Crippen LogP contribution in [-0.4, -0.2) is 15.9 Å². The van der Waals surface area contributed by atoms with Crippen molar-refractivity contribution in [3.8, 4) is 21.7 Å². The summed E-state index contributed by atoms with van der Waals surface area (Å²) in [4.78, 5) is 21.7. The largest absolute Gasteiger partial charge is 0.366 e. The molecule has 0 aliphatic heterocycles. The topological polar surface area (TPSA) is 68.9 Å². The first kappa shape index (κ1) is 15.4. The molecule has 0 unspecified atom stereocenters. The Labute approximate surface area is 139 Å². The van der Waals surface area contributed by atoms with Gasteiger partial charge in [0.15, 0.2) is 0 Å². The number of amides is 1. The first-order chi connectivity index (χ1) is 11.1. The van der Waals surface area contributed by atoms with Gasteiger partial charge in [-0.15, -0.1) is 11.3 Å². The number of rotatable bonds is 4. The van der Waals surface area contributed by atoms with Gasteiger partial charge in [-0.1, -0.05) is 13.0 Å². The number of pyridine rings is 1. The van der Waals surface area contributed by atoms with Gasteiger partial charge in [0.2, 0.25) is 5.91 Å². The standard InChI is InChI=1S/C18H17N3OS/c1-3-13-14(17-9-20-10-23-17)7-12(8-15(13)18(19)22)16-6-4-5-11(2)21-16/h4-10H,3H2,1-2H3,(H2,19,22). The van der Waals surface area contributed by atoms with Crippen LogP contribution in [0, 0.1) is 6.92 Å². The molecule has 2 heterocycles. The normalized spacial score (nSPS) is 10.7. The molecule has 1 amide bonds. The number of benzene rings is 1. The van der Waals surface area contributed by atoms with E-state index in [1.165, 1.54) is 0 Å². The minimum Gasteiger partial charge on any atom is -0.366 e. The van der Waals surface area contributed by atoms with Crippen LogP contribution in [0.15, 0.2) is 42.0 Å². The van der Waals surface area contributed by atoms with Gasteiger partial charge in [-0.2, -0.15) is 0 Å². The Morgan fingerprint density at radius 1 is 1.30 bits per heavy atom. The lowest BCUT2D eigenvalue weighted by Gasteiger charge is -2.13. The van der Waals surface area contributed by atoms with E-state index in [2.05, 4.69) is 16.0 Å². The Balaban J connectivity index is 2.28. The maximum absolute atomic E-state index is 11.9. The van der Waals surface area contributed by atoms with Gasteiger partial charge in [0.1, 0.15) is 0 Å². The monoisotopic (exact) mass is 323 g/mol. The highest BCUT2D eigenvalue weighted by atomic mass is 32.1. The first-order valence-corrected chi connectivity index (χ1v) is 8.27. The van der Waals surface area contributed by atoms with Gasteiger partial charge >= 0.3 is 0 Å². The molecule has 0 aliphatic rings. The third-order valence-electron chi connectivity index (χ3n) is 3.75. The van der Waals surface area contributed by atoms with Crippen LogP contribution < -0.4 is 5.73 Å². The molecule has 4 nitrogen and oxygen atoms in total. The molecule has 0 fully saturated rings. The molecule has 3 rings (SSSR count). The summed E-state index contributed by atoms with van der Waals surface area (Å²) in [6.07, 6.45) is 2.55. The van der Waals surface area contributed by atoms with Gasteiger partial charge in [0.05, 0.1) is 16.1 Å². The Kier molecular flexibility index (Phi) is 4.21. The van der Waals surface area contributed by atoms with E-state index in [4.69, 9.17) is 5.73 Å². The van der Waals surface area contributed by atoms with Crippen LogP contribution in [0.1, 0.15) is 28.5 Å². The minimum absolute atomic E-state index is 0.415. The maximum atomic E-state index is 11.9. The number of carbonyl (C=O) groups is 1. The van der Waals surface area contributed by atoms with Crippen molar-refractivity contribution in [3.05, 3.63) is 58.9 Å². The second kappa shape index (κ2) is 6.30. The predicted molar refractivity (Wildman–Crippen MR) is 93.4 cm³/mol. The Bertz CT molecular complexity index is 857. The summed E-state index contributed by atoms with van der Waals surface area (Å²) in [7, 11) is 0. The third-order valence-corrected chi connectivity index (χ3v) is 4.56. The van der Waals surface area contributed by atoms with Gasteiger partial charge in [-0.05, 0) is 48.7 Å². The molecule has 23 heavy (non-hydrogen) atoms. The zero-order valence-corrected chi connectivity index (χ0v) is 13.9. The molecular weight excluding hydrogens is 306 g/mol. The van der Waals surface area contributed by atoms with E-state index in [0.717, 1.165) is 39.4 Å². The molecule has 0 spiro atoms. The summed E-state index contributed by atoms with van der Waals surface area (Å²) >= 11 is 1.55. The molecule has 0 saturated heterocycles. The summed E-state index contributed by atoms with van der Waals surface area (Å²) in [5.74, 6) is -0.415. The van der Waals surface area contributed by atoms with Gasteiger partial charge < -0.3 is 5.73 Å². The third kappa shape index (κ3) is 3.00. The number of hydrogen-bond donors (Lipinski definition) is 1. The molecule has 1 aromatic carbocycles. The fourth-order valence-corrected chi connectivity index (χ4v) is 3.36. The van der Waals surface area contributed by atoms with Crippen molar-refractivity contribution < 1.29 is 4.79 Å². The summed E-state index contributed by atoms with van der Waals surface area (Å²) in [6, 6.07) is 9.76. The first-order valence-electron chi connectivity index (χ1n) is 7.39. The molecule has 0 aliphatic carbocycles. The fraction of sp³-hybridized carbons (Fsp3) is 0.167. The van der Waals surface area contributed by atoms with Crippen molar-refractivity contribution in [1.29, 1.82) is 0 Å². The van der Waals surface area contributed by atoms with Crippen molar-refractivity contribution in [2.75, 3.05) is 0 Å². The fourth-order valence-electron chi connectivity index (χ4n) is 2.69. The van der Waals surface area contributed by atoms with Crippen LogP contribution in [0.3, 0.4) is 0 Å². The Morgan fingerprint density at radius 2 is 2.13 bits per heavy atom. The highest BCUT2D eigenvalue weighted by molar-refractivity contribution is 7.13. The maximum Gasteiger partial charge on any atom is 0.249 e. The van der Waals surface area contributed by atoms with Crippen molar-refractivity contribution in [3.63, 3.8) is 0 Å². The van der Waals surface area contributed by atoms with Gasteiger partial charge in [-0.25, -0.2) is 0 Å². The summed E-state index contributed by atoms with van der Waals surface area (Å²) in [5.41, 5.74) is 12.6. The highest BCUT2D eigenvalue weighted by Gasteiger charge is 2.17. The van der Waals surface area contributed by atoms with Gasteiger partial charge in [0, 0.05) is 23.0 Å². The molecule has 5 heteroatoms. The van der Waals surface area contributed by atoms with Crippen LogP contribution in [0.25, 0.3) is 21.7 Å². The van der Waals surface area contributed by atoms with Crippen molar-refractivity contribution in [1.82, 2.24) is 9.97 Å². The average molecular weight is 323 g/mol. The van der Waals surface area contributed by atoms with Gasteiger partial charge in [0.25, 0.3) is 0 Å². The SMILES string of the molecule is CCc1c(C(N)=O)cc(-c2cccc(C)n2)cc1-c1cncs1. The number of primary amides is 1. The molecule has 116 valence electrons. The number of thiazole rings is 1. The van der Waals surface area contributed by atoms with Crippen LogP contribution in [0.5, 0.6) is 0 Å². The van der Waals surface area contributed by atoms with Crippen LogP contribution >= 0.6 is 11.3 Å². The predicted octanol–water partition coefficient (Wildman–Crippen LogP) is 3.84. The number of hydrogen-bond acceptors (Lipinski definition) is 4. The minimum atomic E-state index is -0.415.